The van der Waals surface area contributed by atoms with Gasteiger partial charge in [-0.25, -0.2) is 0 Å². The lowest BCUT2D eigenvalue weighted by Gasteiger charge is -2.30. The lowest BCUT2D eigenvalue weighted by atomic mass is 9.70. The number of nitrogens with zero attached hydrogens (tertiary/aromatic N) is 1. The van der Waals surface area contributed by atoms with E-state index >= 15 is 0 Å². The Bertz CT molecular complexity index is 3750. The summed E-state index contributed by atoms with van der Waals surface area (Å²) in [6.07, 6.45) is 2.09. The van der Waals surface area contributed by atoms with Crippen LogP contribution in [0.4, 0.5) is 0 Å². The van der Waals surface area contributed by atoms with Crippen LogP contribution in [-0.2, 0) is 5.41 Å². The fraction of sp³-hybridized carbons (Fsp3) is 0.0161. The largest absolute Gasteiger partial charge is 0.256 e. The molecule has 12 aromatic rings. The first kappa shape index (κ1) is 34.6. The zero-order valence-electron chi connectivity index (χ0n) is 34.3. The molecule has 1 nitrogen and oxygen atoms in total. The lowest BCUT2D eigenvalue weighted by Crippen LogP contribution is -2.25. The van der Waals surface area contributed by atoms with Gasteiger partial charge in [-0.15, -0.1) is 0 Å². The number of hydrogen-bond donors (Lipinski definition) is 0. The van der Waals surface area contributed by atoms with E-state index in [1.54, 1.807) is 0 Å². The van der Waals surface area contributed by atoms with Gasteiger partial charge >= 0.3 is 0 Å². The highest BCUT2D eigenvalue weighted by molar-refractivity contribution is 6.27. The Labute approximate surface area is 365 Å². The smallest absolute Gasteiger partial charge is 0.0725 e. The predicted octanol–water partition coefficient (Wildman–Crippen LogP) is 16.2. The van der Waals surface area contributed by atoms with Gasteiger partial charge in [-0.05, 0) is 133 Å². The van der Waals surface area contributed by atoms with Crippen molar-refractivity contribution in [1.82, 2.24) is 4.98 Å². The molecule has 0 radical (unpaired) electrons. The zero-order valence-corrected chi connectivity index (χ0v) is 34.3. The highest BCUT2D eigenvalue weighted by Crippen LogP contribution is 2.63. The van der Waals surface area contributed by atoms with Crippen LogP contribution in [0.1, 0.15) is 22.3 Å². The van der Waals surface area contributed by atoms with Gasteiger partial charge in [-0.3, -0.25) is 4.98 Å². The minimum absolute atomic E-state index is 0.388. The zero-order chi connectivity index (χ0) is 41.2. The first-order valence-electron chi connectivity index (χ1n) is 21.9. The summed E-state index contributed by atoms with van der Waals surface area (Å²) in [7, 11) is 0. The molecule has 0 aliphatic heterocycles. The molecule has 63 heavy (non-hydrogen) atoms. The molecule has 290 valence electrons. The quantitative estimate of drug-likeness (QED) is 0.128. The van der Waals surface area contributed by atoms with E-state index in [4.69, 9.17) is 4.98 Å². The molecule has 0 N–H and O–H groups in total. The molecule has 2 aliphatic rings. The van der Waals surface area contributed by atoms with E-state index in [0.29, 0.717) is 0 Å². The van der Waals surface area contributed by atoms with Gasteiger partial charge < -0.3 is 0 Å². The van der Waals surface area contributed by atoms with Crippen LogP contribution in [0.5, 0.6) is 0 Å². The number of hydrogen-bond acceptors (Lipinski definition) is 1. The maximum Gasteiger partial charge on any atom is 0.0725 e. The van der Waals surface area contributed by atoms with E-state index in [0.717, 1.165) is 16.8 Å². The molecule has 2 aliphatic carbocycles. The third-order valence-electron chi connectivity index (χ3n) is 14.3. The molecule has 0 saturated carbocycles. The van der Waals surface area contributed by atoms with Crippen LogP contribution in [0.25, 0.3) is 110 Å². The van der Waals surface area contributed by atoms with Crippen LogP contribution in [-0.4, -0.2) is 4.98 Å². The molecule has 1 heterocycles. The molecule has 1 spiro atoms. The van der Waals surface area contributed by atoms with E-state index in [-0.39, 0.29) is 5.41 Å². The fourth-order valence-corrected chi connectivity index (χ4v) is 11.8. The number of fused-ring (bicyclic) bond motifs is 18. The third-order valence-corrected chi connectivity index (χ3v) is 14.3. The highest BCUT2D eigenvalue weighted by atomic mass is 14.7. The maximum atomic E-state index is 5.29. The van der Waals surface area contributed by atoms with E-state index < -0.39 is 0 Å². The summed E-state index contributed by atoms with van der Waals surface area (Å²) in [5, 5.41) is 12.6. The van der Waals surface area contributed by atoms with Crippen molar-refractivity contribution in [1.29, 1.82) is 0 Å². The van der Waals surface area contributed by atoms with Crippen LogP contribution < -0.4 is 0 Å². The second-order valence-electron chi connectivity index (χ2n) is 17.3. The van der Waals surface area contributed by atoms with Crippen molar-refractivity contribution in [3.8, 4) is 55.8 Å². The molecule has 1 heteroatoms. The molecular formula is C62H37N. The van der Waals surface area contributed by atoms with E-state index in [2.05, 4.69) is 225 Å². The molecular weight excluding hydrogens is 759 g/mol. The van der Waals surface area contributed by atoms with Crippen LogP contribution in [0, 0.1) is 0 Å². The highest BCUT2D eigenvalue weighted by Gasteiger charge is 2.51. The molecule has 14 rings (SSSR count). The third kappa shape index (κ3) is 4.63. The van der Waals surface area contributed by atoms with E-state index in [1.165, 1.54) is 115 Å². The minimum atomic E-state index is -0.388. The van der Waals surface area contributed by atoms with Crippen molar-refractivity contribution in [3.63, 3.8) is 0 Å². The van der Waals surface area contributed by atoms with Gasteiger partial charge in [0.15, 0.2) is 0 Å². The summed E-state index contributed by atoms with van der Waals surface area (Å²) < 4.78 is 0. The summed E-state index contributed by atoms with van der Waals surface area (Å²) >= 11 is 0. The van der Waals surface area contributed by atoms with Gasteiger partial charge in [0, 0.05) is 17.3 Å². The van der Waals surface area contributed by atoms with Gasteiger partial charge in [0.2, 0.25) is 0 Å². The first-order valence-corrected chi connectivity index (χ1v) is 21.9. The summed E-state index contributed by atoms with van der Waals surface area (Å²) in [4.78, 5) is 5.29. The Hall–Kier alpha value is -8.13. The normalized spacial score (nSPS) is 13.2. The van der Waals surface area contributed by atoms with Gasteiger partial charge in [-0.2, -0.15) is 0 Å². The number of aromatic nitrogens is 1. The number of benzene rings is 11. The molecule has 0 unspecified atom stereocenters. The van der Waals surface area contributed by atoms with Gasteiger partial charge in [-0.1, -0.05) is 200 Å². The number of pyridine rings is 1. The molecule has 0 fully saturated rings. The molecule has 0 saturated heterocycles. The number of rotatable bonds is 3. The monoisotopic (exact) mass is 795 g/mol. The molecule has 0 bridgehead atoms. The van der Waals surface area contributed by atoms with Crippen molar-refractivity contribution in [2.75, 3.05) is 0 Å². The Balaban J connectivity index is 0.932. The maximum absolute atomic E-state index is 5.29. The average Bonchev–Trinajstić information content (AvgIpc) is 3.83. The van der Waals surface area contributed by atoms with Crippen molar-refractivity contribution < 1.29 is 0 Å². The SMILES string of the molecule is c1ccc2c(c1)-c1ccccc1C21c2ccccc2-c2ccc(-c3ccc(-c4c5ccccc5c(-c5ccc6c7ccccc7c7ccccc7c6c5)c5ccccc45)cn3)cc21. The van der Waals surface area contributed by atoms with Crippen LogP contribution in [0.3, 0.4) is 0 Å². The lowest BCUT2D eigenvalue weighted by molar-refractivity contribution is 0.794. The summed E-state index contributed by atoms with van der Waals surface area (Å²) in [6.45, 7) is 0. The molecule has 0 amide bonds. The van der Waals surface area contributed by atoms with Crippen molar-refractivity contribution in [3.05, 3.63) is 247 Å². The predicted molar refractivity (Wildman–Crippen MR) is 264 cm³/mol. The molecule has 11 aromatic carbocycles. The van der Waals surface area contributed by atoms with Crippen molar-refractivity contribution >= 4 is 53.9 Å². The molecule has 0 atom stereocenters. The topological polar surface area (TPSA) is 12.9 Å². The van der Waals surface area contributed by atoms with E-state index in [1.807, 2.05) is 0 Å². The van der Waals surface area contributed by atoms with Crippen molar-refractivity contribution in [2.24, 2.45) is 0 Å². The average molecular weight is 796 g/mol. The standard InChI is InChI=1S/C62H37N/c1-2-17-43-41(15-1)42-16-3-4-18-44(42)54-35-39(30-32-45(43)54)60-50-22-5-7-24-52(50)61(53-25-8-6-23-51(53)60)40-31-34-59(63-37-40)38-29-33-49-48-21-11-14-28-57(48)62(58(49)36-38)55-26-12-9-19-46(55)47-20-10-13-27-56(47)62/h1-37H. The summed E-state index contributed by atoms with van der Waals surface area (Å²) in [6, 6.07) is 81.1. The minimum Gasteiger partial charge on any atom is -0.256 e. The fourth-order valence-electron chi connectivity index (χ4n) is 11.8. The van der Waals surface area contributed by atoms with Gasteiger partial charge in [0.25, 0.3) is 0 Å². The van der Waals surface area contributed by atoms with Crippen molar-refractivity contribution in [2.45, 2.75) is 5.41 Å². The Morgan fingerprint density at radius 3 is 1.13 bits per heavy atom. The van der Waals surface area contributed by atoms with Crippen LogP contribution in [0.2, 0.25) is 0 Å². The van der Waals surface area contributed by atoms with E-state index in [9.17, 15) is 0 Å². The molecule has 1 aromatic heterocycles. The Morgan fingerprint density at radius 1 is 0.254 bits per heavy atom. The van der Waals surface area contributed by atoms with Gasteiger partial charge in [0.05, 0.1) is 11.1 Å². The Morgan fingerprint density at radius 2 is 0.635 bits per heavy atom. The second kappa shape index (κ2) is 12.9. The van der Waals surface area contributed by atoms with Crippen LogP contribution in [0.15, 0.2) is 225 Å². The van der Waals surface area contributed by atoms with Crippen LogP contribution >= 0.6 is 0 Å². The summed E-state index contributed by atoms with van der Waals surface area (Å²) in [5.74, 6) is 0. The second-order valence-corrected chi connectivity index (χ2v) is 17.3. The Kier molecular flexibility index (Phi) is 7.10. The first-order chi connectivity index (χ1) is 31.3. The van der Waals surface area contributed by atoms with Gasteiger partial charge in [0.1, 0.15) is 0 Å². The summed E-state index contributed by atoms with van der Waals surface area (Å²) in [5.41, 5.74) is 17.1.